The molecule has 0 amide bonds. The molecule has 0 aliphatic heterocycles. The third-order valence-corrected chi connectivity index (χ3v) is 2.87. The summed E-state index contributed by atoms with van der Waals surface area (Å²) in [5.41, 5.74) is 0.289. The van der Waals surface area contributed by atoms with Crippen molar-refractivity contribution >= 4 is 8.84 Å². The van der Waals surface area contributed by atoms with Crippen LogP contribution < -0.4 is 4.98 Å². The van der Waals surface area contributed by atoms with Gasteiger partial charge in [0.05, 0.1) is 0 Å². The van der Waals surface area contributed by atoms with Gasteiger partial charge in [-0.2, -0.15) is 0 Å². The molecule has 0 aromatic heterocycles. The van der Waals surface area contributed by atoms with E-state index in [1.54, 1.807) is 0 Å². The third-order valence-electron chi connectivity index (χ3n) is 0.955. The van der Waals surface area contributed by atoms with Crippen LogP contribution in [0.15, 0.2) is 0 Å². The maximum absolute atomic E-state index is 11.0. The fraction of sp³-hybridized carbons (Fsp3) is 1.00. The van der Waals surface area contributed by atoms with Crippen LogP contribution in [0.5, 0.6) is 0 Å². The van der Waals surface area contributed by atoms with Gasteiger partial charge >= 0.3 is 8.84 Å². The monoisotopic (exact) mass is 145 g/mol. The highest BCUT2D eigenvalue weighted by atomic mass is 28.3. The average molecular weight is 145 g/mol. The van der Waals surface area contributed by atoms with Crippen LogP contribution in [0.2, 0.25) is 5.54 Å². The van der Waals surface area contributed by atoms with Crippen molar-refractivity contribution in [2.24, 2.45) is 0 Å². The smallest absolute Gasteiger partial charge is 0.388 e. The van der Waals surface area contributed by atoms with E-state index in [1.807, 2.05) is 27.7 Å². The van der Waals surface area contributed by atoms with Crippen molar-refractivity contribution in [1.29, 1.82) is 0 Å². The van der Waals surface area contributed by atoms with Crippen LogP contribution in [0.3, 0.4) is 0 Å². The molecule has 1 N–H and O–H groups in total. The Labute approximate surface area is 58.4 Å². The summed E-state index contributed by atoms with van der Waals surface area (Å²) in [6.07, 6.45) is 0. The molecule has 0 aromatic carbocycles. The summed E-state index contributed by atoms with van der Waals surface area (Å²) in [4.78, 5) is 2.99. The minimum Gasteiger partial charge on any atom is -0.388 e. The van der Waals surface area contributed by atoms with Crippen molar-refractivity contribution < 1.29 is 4.46 Å². The molecule has 2 nitrogen and oxygen atoms in total. The van der Waals surface area contributed by atoms with Crippen molar-refractivity contribution in [2.75, 3.05) is 0 Å². The normalized spacial score (nSPS) is 10.4. The number of rotatable bonds is 3. The second-order valence-electron chi connectivity index (χ2n) is 2.82. The Morgan fingerprint density at radius 3 is 1.78 bits per heavy atom. The fourth-order valence-electron chi connectivity index (χ4n) is 0.451. The van der Waals surface area contributed by atoms with E-state index in [1.165, 1.54) is 0 Å². The van der Waals surface area contributed by atoms with Crippen molar-refractivity contribution in [3.63, 3.8) is 0 Å². The molecule has 0 atom stereocenters. The lowest BCUT2D eigenvalue weighted by Gasteiger charge is -2.08. The van der Waals surface area contributed by atoms with Gasteiger partial charge in [-0.15, -0.1) is 0 Å². The van der Waals surface area contributed by atoms with Crippen LogP contribution in [0, 0.1) is 0 Å². The summed E-state index contributed by atoms with van der Waals surface area (Å²) in [6, 6.07) is 0.346. The second kappa shape index (κ2) is 3.77. The molecule has 0 heterocycles. The number of nitrogens with one attached hydrogen (secondary N) is 1. The van der Waals surface area contributed by atoms with E-state index in [2.05, 4.69) is 4.98 Å². The molecule has 0 spiro atoms. The van der Waals surface area contributed by atoms with Crippen LogP contribution in [0.1, 0.15) is 27.7 Å². The van der Waals surface area contributed by atoms with Crippen LogP contribution in [-0.4, -0.2) is 14.9 Å². The van der Waals surface area contributed by atoms with Gasteiger partial charge in [-0.1, -0.05) is 13.8 Å². The van der Waals surface area contributed by atoms with Crippen molar-refractivity contribution in [2.45, 2.75) is 39.3 Å². The number of hydrogen-bond donors (Lipinski definition) is 1. The van der Waals surface area contributed by atoms with Crippen LogP contribution >= 0.6 is 0 Å². The molecule has 3 heteroatoms. The molecule has 0 aliphatic carbocycles. The van der Waals surface area contributed by atoms with Gasteiger partial charge in [-0.3, -0.25) is 0 Å². The predicted molar refractivity (Wildman–Crippen MR) is 39.8 cm³/mol. The molecule has 0 saturated heterocycles. The highest BCUT2D eigenvalue weighted by Gasteiger charge is 2.10. The van der Waals surface area contributed by atoms with Gasteiger partial charge in [0.15, 0.2) is 0 Å². The summed E-state index contributed by atoms with van der Waals surface area (Å²) in [7, 11) is -1.51. The van der Waals surface area contributed by atoms with Crippen LogP contribution in [0.25, 0.3) is 0 Å². The highest BCUT2D eigenvalue weighted by Crippen LogP contribution is 1.97. The SMILES string of the molecule is CC(C)N[Si](=O)C(C)C. The van der Waals surface area contributed by atoms with Gasteiger partial charge in [-0.25, -0.2) is 0 Å². The minimum absolute atomic E-state index is 0.289. The van der Waals surface area contributed by atoms with Crippen LogP contribution in [-0.2, 0) is 4.46 Å². The first-order valence-electron chi connectivity index (χ1n) is 3.34. The standard InChI is InChI=1S/C6H15NOSi/c1-5(2)7-9(8)6(3)4/h5-7H,1-4H3. The third kappa shape index (κ3) is 4.33. The van der Waals surface area contributed by atoms with Gasteiger partial charge < -0.3 is 9.44 Å². The topological polar surface area (TPSA) is 29.1 Å². The zero-order valence-corrected chi connectivity index (χ0v) is 7.56. The molecule has 9 heavy (non-hydrogen) atoms. The average Bonchev–Trinajstić information content (AvgIpc) is 1.63. The first-order valence-corrected chi connectivity index (χ1v) is 4.83. The molecule has 0 bridgehead atoms. The van der Waals surface area contributed by atoms with Crippen molar-refractivity contribution in [3.05, 3.63) is 0 Å². The lowest BCUT2D eigenvalue weighted by atomic mass is 10.4. The Hall–Kier alpha value is -0.183. The Morgan fingerprint density at radius 2 is 1.67 bits per heavy atom. The Morgan fingerprint density at radius 1 is 1.22 bits per heavy atom. The molecule has 0 fully saturated rings. The number of hydrogen-bond acceptors (Lipinski definition) is 1. The maximum atomic E-state index is 11.0. The van der Waals surface area contributed by atoms with Gasteiger partial charge in [0.2, 0.25) is 0 Å². The second-order valence-corrected chi connectivity index (χ2v) is 4.99. The van der Waals surface area contributed by atoms with Crippen LogP contribution in [0.4, 0.5) is 0 Å². The Bertz CT molecular complexity index is 101. The lowest BCUT2D eigenvalue weighted by Crippen LogP contribution is -2.33. The van der Waals surface area contributed by atoms with Gasteiger partial charge in [0, 0.05) is 11.6 Å². The summed E-state index contributed by atoms with van der Waals surface area (Å²) in [5, 5.41) is 0. The zero-order chi connectivity index (χ0) is 7.44. The Kier molecular flexibility index (Phi) is 3.69. The molecule has 0 unspecified atom stereocenters. The van der Waals surface area contributed by atoms with E-state index < -0.39 is 8.84 Å². The summed E-state index contributed by atoms with van der Waals surface area (Å²) in [6.45, 7) is 7.95. The van der Waals surface area contributed by atoms with Gasteiger partial charge in [0.25, 0.3) is 0 Å². The van der Waals surface area contributed by atoms with Crippen molar-refractivity contribution in [3.8, 4) is 0 Å². The maximum Gasteiger partial charge on any atom is 0.394 e. The van der Waals surface area contributed by atoms with E-state index in [9.17, 15) is 4.46 Å². The minimum atomic E-state index is -1.51. The molecule has 0 aliphatic rings. The molecule has 0 saturated carbocycles. The summed E-state index contributed by atoms with van der Waals surface area (Å²) in [5.74, 6) is 0. The fourth-order valence-corrected chi connectivity index (χ4v) is 1.35. The van der Waals surface area contributed by atoms with E-state index in [4.69, 9.17) is 0 Å². The largest absolute Gasteiger partial charge is 0.394 e. The molecule has 0 rings (SSSR count). The highest BCUT2D eigenvalue weighted by molar-refractivity contribution is 6.41. The van der Waals surface area contributed by atoms with Gasteiger partial charge in [-0.05, 0) is 13.8 Å². The molecular formula is C6H15NOSi. The first kappa shape index (κ1) is 8.82. The first-order chi connectivity index (χ1) is 4.04. The quantitative estimate of drug-likeness (QED) is 0.607. The molecular weight excluding hydrogens is 130 g/mol. The molecule has 54 valence electrons. The van der Waals surface area contributed by atoms with Crippen molar-refractivity contribution in [1.82, 2.24) is 4.98 Å². The zero-order valence-electron chi connectivity index (χ0n) is 6.56. The molecule has 0 radical (unpaired) electrons. The van der Waals surface area contributed by atoms with E-state index in [0.29, 0.717) is 6.04 Å². The van der Waals surface area contributed by atoms with E-state index in [0.717, 1.165) is 0 Å². The lowest BCUT2D eigenvalue weighted by molar-refractivity contribution is 0.527. The Balaban J connectivity index is 3.51. The summed E-state index contributed by atoms with van der Waals surface area (Å²) >= 11 is 0. The van der Waals surface area contributed by atoms with E-state index >= 15 is 0 Å². The van der Waals surface area contributed by atoms with E-state index in [-0.39, 0.29) is 5.54 Å². The molecule has 0 aromatic rings. The van der Waals surface area contributed by atoms with Gasteiger partial charge in [0.1, 0.15) is 0 Å². The predicted octanol–water partition coefficient (Wildman–Crippen LogP) is 1.31. The summed E-state index contributed by atoms with van der Waals surface area (Å²) < 4.78 is 11.0.